The van der Waals surface area contributed by atoms with Crippen molar-refractivity contribution in [3.8, 4) is 28.0 Å². The number of fused-ring (bicyclic) bond motifs is 3. The molecule has 50 heavy (non-hydrogen) atoms. The van der Waals surface area contributed by atoms with Crippen LogP contribution in [-0.4, -0.2) is 7.11 Å². The average molecular weight is 826 g/mol. The Balaban J connectivity index is 0.000000172. The van der Waals surface area contributed by atoms with Crippen LogP contribution in [0.3, 0.4) is 0 Å². The summed E-state index contributed by atoms with van der Waals surface area (Å²) in [5.74, 6) is 1.01. The Labute approximate surface area is 318 Å². The predicted molar refractivity (Wildman–Crippen MR) is 219 cm³/mol. The van der Waals surface area contributed by atoms with Gasteiger partial charge in [0.05, 0.1) is 7.11 Å². The Hall–Kier alpha value is -2.06. The number of ether oxygens (including phenoxy) is 1. The van der Waals surface area contributed by atoms with E-state index in [4.69, 9.17) is 38.8 Å². The van der Waals surface area contributed by atoms with E-state index < -0.39 is 15.5 Å². The fourth-order valence-electron chi connectivity index (χ4n) is 7.69. The molecule has 0 unspecified atom stereocenters. The molecule has 7 rings (SSSR count). The van der Waals surface area contributed by atoms with Crippen molar-refractivity contribution in [1.82, 2.24) is 0 Å². The molecular formula is C44H48Cl4OZr-2. The quantitative estimate of drug-likeness (QED) is 0.162. The Morgan fingerprint density at radius 1 is 0.600 bits per heavy atom. The SMILES string of the molecule is COc1c(C(C)(C)C)cc2[cH-]c(C)cc2c1-c1cc(C)cc(C)c1.Cc1cc(C)cc(-c2c3c(cc4[cH-]c(C)cc24)CCC3)c1.[Cl][Zr]([Cl])([Cl])[Cl]. The van der Waals surface area contributed by atoms with E-state index in [1.54, 1.807) is 18.2 Å². The summed E-state index contributed by atoms with van der Waals surface area (Å²) in [4.78, 5) is 0. The van der Waals surface area contributed by atoms with Crippen LogP contribution in [0.2, 0.25) is 0 Å². The first-order chi connectivity index (χ1) is 23.3. The van der Waals surface area contributed by atoms with Gasteiger partial charge in [-0.2, -0.15) is 12.1 Å². The number of benzene rings is 4. The van der Waals surface area contributed by atoms with Crippen molar-refractivity contribution in [3.05, 3.63) is 123 Å². The van der Waals surface area contributed by atoms with E-state index in [0.29, 0.717) is 0 Å². The van der Waals surface area contributed by atoms with E-state index in [0.717, 1.165) is 5.75 Å². The van der Waals surface area contributed by atoms with E-state index in [1.165, 1.54) is 102 Å². The molecule has 0 spiro atoms. The van der Waals surface area contributed by atoms with Gasteiger partial charge in [-0.05, 0) is 74.6 Å². The van der Waals surface area contributed by atoms with Gasteiger partial charge in [-0.3, -0.25) is 0 Å². The molecule has 1 aliphatic rings. The van der Waals surface area contributed by atoms with Crippen LogP contribution in [0.5, 0.6) is 5.75 Å². The first kappa shape index (κ1) is 39.2. The molecule has 0 radical (unpaired) electrons. The zero-order valence-electron chi connectivity index (χ0n) is 31.0. The van der Waals surface area contributed by atoms with Crippen molar-refractivity contribution in [2.24, 2.45) is 0 Å². The Morgan fingerprint density at radius 3 is 1.50 bits per heavy atom. The van der Waals surface area contributed by atoms with Crippen LogP contribution in [0.15, 0.2) is 72.8 Å². The number of hydrogen-bond donors (Lipinski definition) is 0. The van der Waals surface area contributed by atoms with Crippen molar-refractivity contribution >= 4 is 55.6 Å². The zero-order chi connectivity index (χ0) is 36.7. The van der Waals surface area contributed by atoms with Gasteiger partial charge < -0.3 is 4.74 Å². The first-order valence-electron chi connectivity index (χ1n) is 17.3. The molecule has 6 aromatic carbocycles. The topological polar surface area (TPSA) is 9.23 Å². The third kappa shape index (κ3) is 9.29. The molecule has 0 fully saturated rings. The maximum absolute atomic E-state index is 5.95. The average Bonchev–Trinajstić information content (AvgIpc) is 3.69. The maximum atomic E-state index is 5.95. The van der Waals surface area contributed by atoms with E-state index in [2.05, 4.69) is 135 Å². The fraction of sp³-hybridized carbons (Fsp3) is 0.318. The summed E-state index contributed by atoms with van der Waals surface area (Å²) >= 11 is -3.29. The summed E-state index contributed by atoms with van der Waals surface area (Å²) in [5.41, 5.74) is 17.8. The third-order valence-corrected chi connectivity index (χ3v) is 9.37. The summed E-state index contributed by atoms with van der Waals surface area (Å²) in [7, 11) is 21.9. The van der Waals surface area contributed by atoms with Crippen LogP contribution >= 0.6 is 34.1 Å². The van der Waals surface area contributed by atoms with E-state index in [1.807, 2.05) is 0 Å². The molecule has 0 bridgehead atoms. The first-order valence-corrected chi connectivity index (χ1v) is 29.9. The van der Waals surface area contributed by atoms with Crippen LogP contribution < -0.4 is 4.74 Å². The molecule has 264 valence electrons. The van der Waals surface area contributed by atoms with Gasteiger partial charge in [-0.1, -0.05) is 110 Å². The molecule has 0 amide bonds. The van der Waals surface area contributed by atoms with Gasteiger partial charge in [-0.25, -0.2) is 0 Å². The van der Waals surface area contributed by atoms with Crippen LogP contribution in [0, 0.1) is 41.5 Å². The second-order valence-electron chi connectivity index (χ2n) is 15.1. The molecule has 0 N–H and O–H groups in total. The molecule has 1 aliphatic carbocycles. The van der Waals surface area contributed by atoms with Gasteiger partial charge in [0.25, 0.3) is 0 Å². The minimum absolute atomic E-state index is 0.0261. The third-order valence-electron chi connectivity index (χ3n) is 9.37. The van der Waals surface area contributed by atoms with Crippen LogP contribution in [0.25, 0.3) is 43.8 Å². The second-order valence-corrected chi connectivity index (χ2v) is 37.5. The van der Waals surface area contributed by atoms with Crippen LogP contribution in [0.4, 0.5) is 0 Å². The van der Waals surface area contributed by atoms with Gasteiger partial charge in [-0.15, -0.1) is 56.9 Å². The number of hydrogen-bond acceptors (Lipinski definition) is 1. The van der Waals surface area contributed by atoms with Crippen LogP contribution in [0.1, 0.15) is 77.3 Å². The number of halogens is 4. The molecule has 0 aromatic heterocycles. The van der Waals surface area contributed by atoms with Crippen molar-refractivity contribution in [2.75, 3.05) is 7.11 Å². The van der Waals surface area contributed by atoms with Crippen molar-refractivity contribution in [2.45, 2.75) is 87.0 Å². The number of aryl methyl sites for hydroxylation is 7. The predicted octanol–water partition coefficient (Wildman–Crippen LogP) is 14.9. The molecule has 0 saturated carbocycles. The summed E-state index contributed by atoms with van der Waals surface area (Å²) in [6, 6.07) is 27.7. The van der Waals surface area contributed by atoms with Gasteiger partial charge in [0.2, 0.25) is 0 Å². The monoisotopic (exact) mass is 822 g/mol. The molecule has 6 heteroatoms. The molecule has 6 aromatic rings. The van der Waals surface area contributed by atoms with Gasteiger partial charge in [0.15, 0.2) is 0 Å². The normalized spacial score (nSPS) is 12.8. The number of rotatable bonds is 3. The molecule has 0 saturated heterocycles. The Bertz CT molecular complexity index is 2130. The Morgan fingerprint density at radius 2 is 1.04 bits per heavy atom. The summed E-state index contributed by atoms with van der Waals surface area (Å²) < 4.78 is 5.95. The molecule has 0 aliphatic heterocycles. The minimum atomic E-state index is -3.29. The second kappa shape index (κ2) is 15.5. The standard InChI is InChI=1S/C23H27O.C21H21.4ClH.Zr/c1-14-8-15(2)11-18(10-14)21-19-12-16(3)9-17(19)13-20(22(21)24-7)23(4,5)6;1-13-7-14(2)10-18(9-13)21-19-6-4-5-16(19)12-17-8-15(3)11-20(17)21;;;;;/h8-13H,1-7H3;7-12H,4-6H2,1-3H3;4*1H;/q2*-1;;;;;+4/p-4. The van der Waals surface area contributed by atoms with E-state index in [-0.39, 0.29) is 5.41 Å². The summed E-state index contributed by atoms with van der Waals surface area (Å²) in [6.07, 6.45) is 3.78. The van der Waals surface area contributed by atoms with Gasteiger partial charge in [0, 0.05) is 0 Å². The van der Waals surface area contributed by atoms with Gasteiger partial charge in [0.1, 0.15) is 5.75 Å². The van der Waals surface area contributed by atoms with Crippen molar-refractivity contribution in [3.63, 3.8) is 0 Å². The zero-order valence-corrected chi connectivity index (χ0v) is 36.5. The molecular weight excluding hydrogens is 778 g/mol. The summed E-state index contributed by atoms with van der Waals surface area (Å²) in [6.45, 7) is 19.8. The van der Waals surface area contributed by atoms with Crippen molar-refractivity contribution < 1.29 is 20.2 Å². The molecule has 0 atom stereocenters. The van der Waals surface area contributed by atoms with Gasteiger partial charge >= 0.3 is 49.5 Å². The Kier molecular flexibility index (Phi) is 12.1. The van der Waals surface area contributed by atoms with E-state index in [9.17, 15) is 0 Å². The van der Waals surface area contributed by atoms with Crippen molar-refractivity contribution in [1.29, 1.82) is 0 Å². The molecule has 1 nitrogen and oxygen atoms in total. The fourth-order valence-corrected chi connectivity index (χ4v) is 7.69. The molecule has 0 heterocycles. The summed E-state index contributed by atoms with van der Waals surface area (Å²) in [5, 5.41) is 5.44. The van der Waals surface area contributed by atoms with E-state index >= 15 is 0 Å². The number of methoxy groups -OCH3 is 1. The van der Waals surface area contributed by atoms with Crippen LogP contribution in [-0.2, 0) is 33.7 Å².